The number of rotatable bonds is 7. The van der Waals surface area contributed by atoms with Gasteiger partial charge in [0.2, 0.25) is 5.91 Å². The molecule has 31 heavy (non-hydrogen) atoms. The number of hydrogen-bond donors (Lipinski definition) is 1. The lowest BCUT2D eigenvalue weighted by atomic mass is 9.87. The van der Waals surface area contributed by atoms with Crippen LogP contribution in [0.1, 0.15) is 35.7 Å². The predicted octanol–water partition coefficient (Wildman–Crippen LogP) is 3.99. The molecule has 1 heterocycles. The molecule has 3 rings (SSSR count). The number of halogens is 1. The number of carbonyl (C=O) groups excluding carboxylic acids is 2. The van der Waals surface area contributed by atoms with E-state index in [1.807, 2.05) is 32.0 Å². The average Bonchev–Trinajstić information content (AvgIpc) is 3.21. The van der Waals surface area contributed by atoms with E-state index in [4.69, 9.17) is 21.1 Å². The Morgan fingerprint density at radius 1 is 1.13 bits per heavy atom. The maximum atomic E-state index is 13.2. The summed E-state index contributed by atoms with van der Waals surface area (Å²) in [6.07, 6.45) is 0. The van der Waals surface area contributed by atoms with Crippen LogP contribution in [0.15, 0.2) is 42.5 Å². The first-order valence-electron chi connectivity index (χ1n) is 10.4. The monoisotopic (exact) mass is 444 g/mol. The number of methoxy groups -OCH3 is 2. The van der Waals surface area contributed by atoms with E-state index >= 15 is 0 Å². The van der Waals surface area contributed by atoms with Gasteiger partial charge in [0.1, 0.15) is 0 Å². The van der Waals surface area contributed by atoms with Crippen molar-refractivity contribution in [1.29, 1.82) is 0 Å². The number of carbonyl (C=O) groups is 2. The zero-order valence-electron chi connectivity index (χ0n) is 18.4. The fourth-order valence-corrected chi connectivity index (χ4v) is 4.18. The van der Waals surface area contributed by atoms with E-state index in [1.54, 1.807) is 43.4 Å². The topological polar surface area (TPSA) is 67.9 Å². The Morgan fingerprint density at radius 2 is 1.87 bits per heavy atom. The molecule has 0 spiro atoms. The minimum Gasteiger partial charge on any atom is -0.493 e. The van der Waals surface area contributed by atoms with Gasteiger partial charge < -0.3 is 19.7 Å². The molecule has 0 bridgehead atoms. The van der Waals surface area contributed by atoms with E-state index in [0.717, 1.165) is 5.56 Å². The molecular formula is C24H29ClN2O4. The van der Waals surface area contributed by atoms with E-state index in [0.29, 0.717) is 47.6 Å². The number of nitrogens with one attached hydrogen (secondary N) is 1. The minimum atomic E-state index is -0.400. The summed E-state index contributed by atoms with van der Waals surface area (Å²) in [5.74, 6) is 0.691. The predicted molar refractivity (Wildman–Crippen MR) is 121 cm³/mol. The lowest BCUT2D eigenvalue weighted by Crippen LogP contribution is -2.37. The highest BCUT2D eigenvalue weighted by Crippen LogP contribution is 2.42. The van der Waals surface area contributed by atoms with Crippen LogP contribution in [0.2, 0.25) is 5.02 Å². The average molecular weight is 445 g/mol. The number of ether oxygens (including phenoxy) is 2. The van der Waals surface area contributed by atoms with Crippen molar-refractivity contribution >= 4 is 23.4 Å². The van der Waals surface area contributed by atoms with Gasteiger partial charge in [-0.2, -0.15) is 0 Å². The fourth-order valence-electron chi connectivity index (χ4n) is 3.99. The largest absolute Gasteiger partial charge is 0.493 e. The van der Waals surface area contributed by atoms with Gasteiger partial charge in [0.15, 0.2) is 11.5 Å². The summed E-state index contributed by atoms with van der Waals surface area (Å²) in [5.41, 5.74) is 1.36. The van der Waals surface area contributed by atoms with E-state index in [2.05, 4.69) is 5.32 Å². The minimum absolute atomic E-state index is 0.0648. The van der Waals surface area contributed by atoms with Crippen molar-refractivity contribution in [3.63, 3.8) is 0 Å². The number of para-hydroxylation sites is 1. The summed E-state index contributed by atoms with van der Waals surface area (Å²) in [6.45, 7) is 5.40. The van der Waals surface area contributed by atoms with Crippen LogP contribution >= 0.6 is 11.6 Å². The SMILES string of the molecule is COc1cccc([C@@H]2CN(C(=O)c3cccc(Cl)c3)C[C@H]2C(=O)NCC(C)C)c1OC. The summed E-state index contributed by atoms with van der Waals surface area (Å²) >= 11 is 6.08. The zero-order valence-corrected chi connectivity index (χ0v) is 19.1. The molecule has 1 saturated heterocycles. The molecule has 2 atom stereocenters. The first-order valence-corrected chi connectivity index (χ1v) is 10.8. The van der Waals surface area contributed by atoms with Crippen LogP contribution in [-0.2, 0) is 4.79 Å². The zero-order chi connectivity index (χ0) is 22.5. The molecule has 0 radical (unpaired) electrons. The third-order valence-corrected chi connectivity index (χ3v) is 5.77. The summed E-state index contributed by atoms with van der Waals surface area (Å²) < 4.78 is 11.1. The maximum absolute atomic E-state index is 13.2. The second-order valence-electron chi connectivity index (χ2n) is 8.16. The third kappa shape index (κ3) is 5.13. The Labute approximate surface area is 188 Å². The Morgan fingerprint density at radius 3 is 2.52 bits per heavy atom. The standard InChI is InChI=1S/C24H29ClN2O4/c1-15(2)12-26-23(28)20-14-27(24(29)16-7-5-8-17(25)11-16)13-19(20)18-9-6-10-21(30-3)22(18)31-4/h5-11,15,19-20H,12-14H2,1-4H3,(H,26,28)/t19-,20+/m0/s1. The highest BCUT2D eigenvalue weighted by molar-refractivity contribution is 6.30. The molecule has 0 aliphatic carbocycles. The molecule has 0 saturated carbocycles. The fraction of sp³-hybridized carbons (Fsp3) is 0.417. The lowest BCUT2D eigenvalue weighted by Gasteiger charge is -2.22. The Bertz CT molecular complexity index is 947. The van der Waals surface area contributed by atoms with Crippen LogP contribution < -0.4 is 14.8 Å². The summed E-state index contributed by atoms with van der Waals surface area (Å²) in [7, 11) is 3.16. The summed E-state index contributed by atoms with van der Waals surface area (Å²) in [4.78, 5) is 28.0. The van der Waals surface area contributed by atoms with E-state index < -0.39 is 5.92 Å². The van der Waals surface area contributed by atoms with Gasteiger partial charge in [0, 0.05) is 41.7 Å². The molecule has 2 aromatic rings. The molecule has 1 N–H and O–H groups in total. The quantitative estimate of drug-likeness (QED) is 0.701. The van der Waals surface area contributed by atoms with Crippen LogP contribution in [0.5, 0.6) is 11.5 Å². The normalized spacial score (nSPS) is 18.2. The molecule has 1 aliphatic rings. The maximum Gasteiger partial charge on any atom is 0.253 e. The number of benzene rings is 2. The highest BCUT2D eigenvalue weighted by atomic mass is 35.5. The van der Waals surface area contributed by atoms with Crippen LogP contribution in [0, 0.1) is 11.8 Å². The van der Waals surface area contributed by atoms with Crippen LogP contribution in [0.25, 0.3) is 0 Å². The van der Waals surface area contributed by atoms with E-state index in [1.165, 1.54) is 0 Å². The molecule has 0 unspecified atom stereocenters. The van der Waals surface area contributed by atoms with Crippen LogP contribution in [0.3, 0.4) is 0 Å². The molecule has 2 amide bonds. The van der Waals surface area contributed by atoms with Gasteiger partial charge in [-0.3, -0.25) is 9.59 Å². The Kier molecular flexibility index (Phi) is 7.44. The van der Waals surface area contributed by atoms with Crippen molar-refractivity contribution in [1.82, 2.24) is 10.2 Å². The first kappa shape index (κ1) is 22.9. The van der Waals surface area contributed by atoms with Crippen molar-refractivity contribution < 1.29 is 19.1 Å². The molecule has 1 fully saturated rings. The van der Waals surface area contributed by atoms with Crippen molar-refractivity contribution in [3.8, 4) is 11.5 Å². The number of amides is 2. The van der Waals surface area contributed by atoms with Gasteiger partial charge in [-0.05, 0) is 30.2 Å². The van der Waals surface area contributed by atoms with Gasteiger partial charge >= 0.3 is 0 Å². The van der Waals surface area contributed by atoms with Gasteiger partial charge in [0.25, 0.3) is 5.91 Å². The van der Waals surface area contributed by atoms with Gasteiger partial charge in [-0.25, -0.2) is 0 Å². The number of likely N-dealkylation sites (tertiary alicyclic amines) is 1. The lowest BCUT2D eigenvalue weighted by molar-refractivity contribution is -0.125. The van der Waals surface area contributed by atoms with Crippen molar-refractivity contribution in [3.05, 3.63) is 58.6 Å². The van der Waals surface area contributed by atoms with Crippen molar-refractivity contribution in [2.75, 3.05) is 33.9 Å². The third-order valence-electron chi connectivity index (χ3n) is 5.53. The van der Waals surface area contributed by atoms with Gasteiger partial charge in [-0.15, -0.1) is 0 Å². The second kappa shape index (κ2) is 10.1. The molecule has 1 aliphatic heterocycles. The number of hydrogen-bond acceptors (Lipinski definition) is 4. The Balaban J connectivity index is 1.95. The van der Waals surface area contributed by atoms with Crippen molar-refractivity contribution in [2.24, 2.45) is 11.8 Å². The van der Waals surface area contributed by atoms with Gasteiger partial charge in [0.05, 0.1) is 20.1 Å². The molecule has 6 nitrogen and oxygen atoms in total. The van der Waals surface area contributed by atoms with Gasteiger partial charge in [-0.1, -0.05) is 43.6 Å². The summed E-state index contributed by atoms with van der Waals surface area (Å²) in [6, 6.07) is 12.5. The molecule has 0 aromatic heterocycles. The molecule has 2 aromatic carbocycles. The Hall–Kier alpha value is -2.73. The highest BCUT2D eigenvalue weighted by Gasteiger charge is 2.42. The smallest absolute Gasteiger partial charge is 0.253 e. The number of nitrogens with zero attached hydrogens (tertiary/aromatic N) is 1. The summed E-state index contributed by atoms with van der Waals surface area (Å²) in [5, 5.41) is 3.53. The second-order valence-corrected chi connectivity index (χ2v) is 8.59. The van der Waals surface area contributed by atoms with Crippen molar-refractivity contribution in [2.45, 2.75) is 19.8 Å². The molecular weight excluding hydrogens is 416 g/mol. The van der Waals surface area contributed by atoms with Crippen LogP contribution in [-0.4, -0.2) is 50.6 Å². The molecule has 7 heteroatoms. The molecule has 166 valence electrons. The van der Waals surface area contributed by atoms with E-state index in [-0.39, 0.29) is 17.7 Å². The first-order chi connectivity index (χ1) is 14.8. The van der Waals surface area contributed by atoms with E-state index in [9.17, 15) is 9.59 Å². The van der Waals surface area contributed by atoms with Crippen LogP contribution in [0.4, 0.5) is 0 Å².